The first-order valence-corrected chi connectivity index (χ1v) is 7.30. The average molecular weight is 309 g/mol. The molecule has 2 nitrogen and oxygen atoms in total. The van der Waals surface area contributed by atoms with E-state index in [1.165, 1.54) is 0 Å². The molecule has 0 saturated heterocycles. The van der Waals surface area contributed by atoms with E-state index < -0.39 is 0 Å². The number of halogens is 2. The fourth-order valence-corrected chi connectivity index (χ4v) is 2.57. The van der Waals surface area contributed by atoms with E-state index >= 15 is 0 Å². The van der Waals surface area contributed by atoms with Gasteiger partial charge < -0.3 is 10.6 Å². The fourth-order valence-electron chi connectivity index (χ4n) is 2.11. The largest absolute Gasteiger partial charge is 0.370 e. The Morgan fingerprint density at radius 1 is 1.00 bits per heavy atom. The lowest BCUT2D eigenvalue weighted by Crippen LogP contribution is -2.16. The lowest BCUT2D eigenvalue weighted by Gasteiger charge is -2.21. The summed E-state index contributed by atoms with van der Waals surface area (Å²) >= 11 is 12.5. The van der Waals surface area contributed by atoms with Gasteiger partial charge in [0.05, 0.1) is 0 Å². The maximum absolute atomic E-state index is 6.28. The van der Waals surface area contributed by atoms with Gasteiger partial charge in [0.2, 0.25) is 0 Å². The van der Waals surface area contributed by atoms with Crippen LogP contribution in [0.15, 0.2) is 42.5 Å². The summed E-state index contributed by atoms with van der Waals surface area (Å²) in [6.07, 6.45) is 0.799. The van der Waals surface area contributed by atoms with E-state index in [-0.39, 0.29) is 0 Å². The molecule has 0 aliphatic carbocycles. The van der Waals surface area contributed by atoms with Crippen molar-refractivity contribution in [2.45, 2.75) is 13.0 Å². The number of nitrogens with zero attached hydrogens (tertiary/aromatic N) is 1. The maximum Gasteiger partial charge on any atom is 0.0459 e. The molecule has 0 unspecified atom stereocenters. The first-order valence-electron chi connectivity index (χ1n) is 6.55. The normalized spacial score (nSPS) is 10.6. The Labute approximate surface area is 130 Å². The summed E-state index contributed by atoms with van der Waals surface area (Å²) in [6.45, 7) is 1.35. The van der Waals surface area contributed by atoms with E-state index in [1.54, 1.807) is 0 Å². The topological polar surface area (TPSA) is 29.3 Å². The molecule has 2 rings (SSSR count). The van der Waals surface area contributed by atoms with Gasteiger partial charge in [0, 0.05) is 29.3 Å². The molecule has 0 aromatic heterocycles. The predicted octanol–water partition coefficient (Wildman–Crippen LogP) is 4.13. The van der Waals surface area contributed by atoms with Crippen molar-refractivity contribution in [1.82, 2.24) is 0 Å². The van der Waals surface area contributed by atoms with Crippen LogP contribution in [0.1, 0.15) is 11.1 Å². The van der Waals surface area contributed by atoms with Crippen LogP contribution in [0.3, 0.4) is 0 Å². The molecule has 0 amide bonds. The molecule has 0 atom stereocenters. The van der Waals surface area contributed by atoms with Gasteiger partial charge >= 0.3 is 0 Å². The highest BCUT2D eigenvalue weighted by Crippen LogP contribution is 2.25. The van der Waals surface area contributed by atoms with Crippen LogP contribution in [-0.4, -0.2) is 13.6 Å². The molecule has 2 aromatic rings. The standard InChI is InChI=1S/C16H18Cl2N2/c1-20(11-13-4-2-3-5-15(13)17)14-7-6-12(8-9-19)16(18)10-14/h2-7,10H,8-9,11,19H2,1H3. The minimum atomic E-state index is 0.606. The molecule has 0 aliphatic rings. The molecule has 4 heteroatoms. The Morgan fingerprint density at radius 3 is 2.40 bits per heavy atom. The molecule has 0 heterocycles. The molecule has 20 heavy (non-hydrogen) atoms. The van der Waals surface area contributed by atoms with Crippen LogP contribution < -0.4 is 10.6 Å². The first kappa shape index (κ1) is 15.2. The molecule has 0 saturated carbocycles. The van der Waals surface area contributed by atoms with E-state index in [9.17, 15) is 0 Å². The van der Waals surface area contributed by atoms with Gasteiger partial charge in [-0.05, 0) is 42.3 Å². The summed E-state index contributed by atoms with van der Waals surface area (Å²) in [5.41, 5.74) is 8.81. The second-order valence-corrected chi connectivity index (χ2v) is 5.58. The molecule has 0 spiro atoms. The van der Waals surface area contributed by atoms with E-state index in [2.05, 4.69) is 11.0 Å². The molecule has 0 radical (unpaired) electrons. The van der Waals surface area contributed by atoms with Gasteiger partial charge in [-0.15, -0.1) is 0 Å². The van der Waals surface area contributed by atoms with Crippen LogP contribution in [0.4, 0.5) is 5.69 Å². The first-order chi connectivity index (χ1) is 9.61. The Kier molecular flexibility index (Phi) is 5.30. The fraction of sp³-hybridized carbons (Fsp3) is 0.250. The number of hydrogen-bond donors (Lipinski definition) is 1. The van der Waals surface area contributed by atoms with Crippen molar-refractivity contribution in [1.29, 1.82) is 0 Å². The third kappa shape index (κ3) is 3.66. The number of nitrogens with two attached hydrogens (primary N) is 1. The Hall–Kier alpha value is -1.22. The monoisotopic (exact) mass is 308 g/mol. The summed E-state index contributed by atoms with van der Waals surface area (Å²) in [7, 11) is 2.03. The van der Waals surface area contributed by atoms with Crippen LogP contribution in [0.5, 0.6) is 0 Å². The number of benzene rings is 2. The molecule has 2 aromatic carbocycles. The summed E-state index contributed by atoms with van der Waals surface area (Å²) < 4.78 is 0. The summed E-state index contributed by atoms with van der Waals surface area (Å²) in [5.74, 6) is 0. The van der Waals surface area contributed by atoms with Gasteiger partial charge in [0.1, 0.15) is 0 Å². The van der Waals surface area contributed by atoms with Crippen molar-refractivity contribution < 1.29 is 0 Å². The SMILES string of the molecule is CN(Cc1ccccc1Cl)c1ccc(CCN)c(Cl)c1. The number of hydrogen-bond acceptors (Lipinski definition) is 2. The zero-order valence-electron chi connectivity index (χ0n) is 11.4. The van der Waals surface area contributed by atoms with Crippen LogP contribution in [0.25, 0.3) is 0 Å². The molecular weight excluding hydrogens is 291 g/mol. The Balaban J connectivity index is 2.15. The Bertz CT molecular complexity index is 584. The highest BCUT2D eigenvalue weighted by Gasteiger charge is 2.07. The van der Waals surface area contributed by atoms with E-state index in [4.69, 9.17) is 28.9 Å². The van der Waals surface area contributed by atoms with Crippen LogP contribution >= 0.6 is 23.2 Å². The van der Waals surface area contributed by atoms with Crippen LogP contribution in [0, 0.1) is 0 Å². The molecule has 106 valence electrons. The summed E-state index contributed by atoms with van der Waals surface area (Å²) in [6, 6.07) is 13.9. The van der Waals surface area contributed by atoms with E-state index in [1.807, 2.05) is 43.4 Å². The lowest BCUT2D eigenvalue weighted by atomic mass is 10.1. The quantitative estimate of drug-likeness (QED) is 0.900. The third-order valence-corrected chi connectivity index (χ3v) is 3.98. The molecule has 2 N–H and O–H groups in total. The molecule has 0 bridgehead atoms. The lowest BCUT2D eigenvalue weighted by molar-refractivity contribution is 0.919. The highest BCUT2D eigenvalue weighted by atomic mass is 35.5. The van der Waals surface area contributed by atoms with Crippen molar-refractivity contribution >= 4 is 28.9 Å². The molecule has 0 fully saturated rings. The molecular formula is C16H18Cl2N2. The van der Waals surface area contributed by atoms with Crippen molar-refractivity contribution in [3.05, 3.63) is 63.6 Å². The van der Waals surface area contributed by atoms with Gasteiger partial charge in [-0.2, -0.15) is 0 Å². The zero-order chi connectivity index (χ0) is 14.5. The smallest absolute Gasteiger partial charge is 0.0459 e. The van der Waals surface area contributed by atoms with Crippen molar-refractivity contribution in [2.75, 3.05) is 18.5 Å². The van der Waals surface area contributed by atoms with E-state index in [0.717, 1.165) is 39.8 Å². The van der Waals surface area contributed by atoms with Crippen molar-refractivity contribution in [3.8, 4) is 0 Å². The average Bonchev–Trinajstić information content (AvgIpc) is 2.43. The minimum absolute atomic E-state index is 0.606. The highest BCUT2D eigenvalue weighted by molar-refractivity contribution is 6.31. The maximum atomic E-state index is 6.28. The van der Waals surface area contributed by atoms with Gasteiger partial charge in [-0.1, -0.05) is 47.5 Å². The van der Waals surface area contributed by atoms with Crippen molar-refractivity contribution in [2.24, 2.45) is 5.73 Å². The van der Waals surface area contributed by atoms with Crippen LogP contribution in [-0.2, 0) is 13.0 Å². The number of anilines is 1. The van der Waals surface area contributed by atoms with Gasteiger partial charge in [0.15, 0.2) is 0 Å². The van der Waals surface area contributed by atoms with E-state index in [0.29, 0.717) is 6.54 Å². The zero-order valence-corrected chi connectivity index (χ0v) is 13.0. The predicted molar refractivity (Wildman–Crippen MR) is 87.8 cm³/mol. The number of rotatable bonds is 5. The van der Waals surface area contributed by atoms with Gasteiger partial charge in [-0.25, -0.2) is 0 Å². The van der Waals surface area contributed by atoms with Crippen molar-refractivity contribution in [3.63, 3.8) is 0 Å². The second kappa shape index (κ2) is 6.98. The van der Waals surface area contributed by atoms with Gasteiger partial charge in [-0.3, -0.25) is 0 Å². The summed E-state index contributed by atoms with van der Waals surface area (Å²) in [4.78, 5) is 2.12. The molecule has 0 aliphatic heterocycles. The second-order valence-electron chi connectivity index (χ2n) is 4.76. The minimum Gasteiger partial charge on any atom is -0.370 e. The van der Waals surface area contributed by atoms with Crippen LogP contribution in [0.2, 0.25) is 10.0 Å². The Morgan fingerprint density at radius 2 is 1.75 bits per heavy atom. The third-order valence-electron chi connectivity index (χ3n) is 3.26. The summed E-state index contributed by atoms with van der Waals surface area (Å²) in [5, 5.41) is 1.55. The van der Waals surface area contributed by atoms with Gasteiger partial charge in [0.25, 0.3) is 0 Å².